The molecule has 2 aromatic rings. The zero-order chi connectivity index (χ0) is 9.26. The van der Waals surface area contributed by atoms with Crippen molar-refractivity contribution in [3.05, 3.63) is 42.2 Å². The SMILES string of the molecule is Cc1ccnn1-c1ccc(N)cc1. The van der Waals surface area contributed by atoms with Crippen LogP contribution in [0.25, 0.3) is 5.69 Å². The van der Waals surface area contributed by atoms with E-state index in [1.807, 2.05) is 41.9 Å². The van der Waals surface area contributed by atoms with Crippen LogP contribution in [0.2, 0.25) is 0 Å². The highest BCUT2D eigenvalue weighted by molar-refractivity contribution is 5.45. The van der Waals surface area contributed by atoms with Crippen molar-refractivity contribution < 1.29 is 0 Å². The smallest absolute Gasteiger partial charge is 0.0650 e. The first-order chi connectivity index (χ1) is 6.27. The van der Waals surface area contributed by atoms with Gasteiger partial charge in [0, 0.05) is 17.6 Å². The molecule has 1 aromatic heterocycles. The van der Waals surface area contributed by atoms with Gasteiger partial charge in [-0.3, -0.25) is 0 Å². The quantitative estimate of drug-likeness (QED) is 0.668. The van der Waals surface area contributed by atoms with Gasteiger partial charge in [0.25, 0.3) is 0 Å². The molecule has 66 valence electrons. The Kier molecular flexibility index (Phi) is 1.77. The molecule has 0 saturated heterocycles. The lowest BCUT2D eigenvalue weighted by molar-refractivity contribution is 0.847. The van der Waals surface area contributed by atoms with Crippen LogP contribution in [0.4, 0.5) is 5.69 Å². The van der Waals surface area contributed by atoms with Crippen molar-refractivity contribution >= 4 is 5.69 Å². The molecule has 0 amide bonds. The first-order valence-corrected chi connectivity index (χ1v) is 4.14. The molecule has 0 fully saturated rings. The molecule has 2 rings (SSSR count). The number of anilines is 1. The summed E-state index contributed by atoms with van der Waals surface area (Å²) in [6, 6.07) is 9.62. The molecule has 0 aliphatic rings. The monoisotopic (exact) mass is 173 g/mol. The van der Waals surface area contributed by atoms with Gasteiger partial charge in [-0.1, -0.05) is 0 Å². The summed E-state index contributed by atoms with van der Waals surface area (Å²) in [7, 11) is 0. The van der Waals surface area contributed by atoms with Crippen LogP contribution in [0.3, 0.4) is 0 Å². The predicted molar refractivity (Wildman–Crippen MR) is 52.7 cm³/mol. The lowest BCUT2D eigenvalue weighted by Crippen LogP contribution is -1.98. The number of benzene rings is 1. The van der Waals surface area contributed by atoms with E-state index in [-0.39, 0.29) is 0 Å². The average Bonchev–Trinajstić information content (AvgIpc) is 2.53. The van der Waals surface area contributed by atoms with Crippen molar-refractivity contribution in [2.45, 2.75) is 6.92 Å². The molecular formula is C10H11N3. The Labute approximate surface area is 76.8 Å². The lowest BCUT2D eigenvalue weighted by Gasteiger charge is -2.03. The van der Waals surface area contributed by atoms with Crippen LogP contribution in [0.15, 0.2) is 36.5 Å². The molecule has 0 aliphatic carbocycles. The fraction of sp³-hybridized carbons (Fsp3) is 0.100. The molecule has 0 unspecified atom stereocenters. The fourth-order valence-corrected chi connectivity index (χ4v) is 1.26. The summed E-state index contributed by atoms with van der Waals surface area (Å²) in [5.74, 6) is 0. The highest BCUT2D eigenvalue weighted by Crippen LogP contribution is 2.11. The molecule has 0 bridgehead atoms. The molecule has 1 aromatic carbocycles. The minimum Gasteiger partial charge on any atom is -0.399 e. The molecule has 0 atom stereocenters. The molecule has 0 aliphatic heterocycles. The third-order valence-electron chi connectivity index (χ3n) is 1.97. The minimum absolute atomic E-state index is 0.772. The Morgan fingerprint density at radius 2 is 1.85 bits per heavy atom. The van der Waals surface area contributed by atoms with Crippen LogP contribution in [-0.2, 0) is 0 Å². The summed E-state index contributed by atoms with van der Waals surface area (Å²) in [5.41, 5.74) is 8.51. The summed E-state index contributed by atoms with van der Waals surface area (Å²) >= 11 is 0. The van der Waals surface area contributed by atoms with Crippen molar-refractivity contribution in [3.63, 3.8) is 0 Å². The fourth-order valence-electron chi connectivity index (χ4n) is 1.26. The topological polar surface area (TPSA) is 43.8 Å². The second kappa shape index (κ2) is 2.94. The van der Waals surface area contributed by atoms with E-state index < -0.39 is 0 Å². The molecule has 0 radical (unpaired) electrons. The third-order valence-corrected chi connectivity index (χ3v) is 1.97. The zero-order valence-corrected chi connectivity index (χ0v) is 7.44. The number of hydrogen-bond donors (Lipinski definition) is 1. The Morgan fingerprint density at radius 3 is 2.38 bits per heavy atom. The summed E-state index contributed by atoms with van der Waals surface area (Å²) in [6.45, 7) is 2.02. The zero-order valence-electron chi connectivity index (χ0n) is 7.44. The average molecular weight is 173 g/mol. The molecule has 2 N–H and O–H groups in total. The van der Waals surface area contributed by atoms with Gasteiger partial charge in [0.05, 0.1) is 5.69 Å². The summed E-state index contributed by atoms with van der Waals surface area (Å²) in [5, 5.41) is 4.19. The van der Waals surface area contributed by atoms with Gasteiger partial charge in [0.15, 0.2) is 0 Å². The van der Waals surface area contributed by atoms with Crippen molar-refractivity contribution in [1.29, 1.82) is 0 Å². The Bertz CT molecular complexity index is 400. The van der Waals surface area contributed by atoms with Crippen molar-refractivity contribution in [1.82, 2.24) is 9.78 Å². The molecule has 0 saturated carbocycles. The van der Waals surface area contributed by atoms with E-state index >= 15 is 0 Å². The van der Waals surface area contributed by atoms with Crippen LogP contribution in [0.5, 0.6) is 0 Å². The highest BCUT2D eigenvalue weighted by atomic mass is 15.3. The Balaban J connectivity index is 2.47. The van der Waals surface area contributed by atoms with Crippen molar-refractivity contribution in [2.24, 2.45) is 0 Å². The van der Waals surface area contributed by atoms with Crippen molar-refractivity contribution in [2.75, 3.05) is 5.73 Å². The van der Waals surface area contributed by atoms with Crippen LogP contribution in [0, 0.1) is 6.92 Å². The van der Waals surface area contributed by atoms with Crippen LogP contribution in [-0.4, -0.2) is 9.78 Å². The van der Waals surface area contributed by atoms with E-state index in [1.54, 1.807) is 6.20 Å². The molecule has 3 heteroatoms. The summed E-state index contributed by atoms with van der Waals surface area (Å²) in [6.07, 6.45) is 1.78. The molecule has 13 heavy (non-hydrogen) atoms. The van der Waals surface area contributed by atoms with E-state index in [0.29, 0.717) is 0 Å². The number of rotatable bonds is 1. The maximum Gasteiger partial charge on any atom is 0.0650 e. The van der Waals surface area contributed by atoms with Crippen LogP contribution in [0.1, 0.15) is 5.69 Å². The number of nitrogens with zero attached hydrogens (tertiary/aromatic N) is 2. The normalized spacial score (nSPS) is 10.2. The van der Waals surface area contributed by atoms with E-state index in [2.05, 4.69) is 5.10 Å². The van der Waals surface area contributed by atoms with E-state index in [1.165, 1.54) is 0 Å². The summed E-state index contributed by atoms with van der Waals surface area (Å²) in [4.78, 5) is 0. The first-order valence-electron chi connectivity index (χ1n) is 4.14. The lowest BCUT2D eigenvalue weighted by atomic mass is 10.3. The number of nitrogen functional groups attached to an aromatic ring is 1. The van der Waals surface area contributed by atoms with Gasteiger partial charge in [-0.05, 0) is 37.3 Å². The maximum atomic E-state index is 5.59. The largest absolute Gasteiger partial charge is 0.399 e. The highest BCUT2D eigenvalue weighted by Gasteiger charge is 1.98. The third kappa shape index (κ3) is 1.40. The van der Waals surface area contributed by atoms with Gasteiger partial charge < -0.3 is 5.73 Å². The van der Waals surface area contributed by atoms with Gasteiger partial charge in [0.2, 0.25) is 0 Å². The summed E-state index contributed by atoms with van der Waals surface area (Å²) < 4.78 is 1.87. The number of aryl methyl sites for hydroxylation is 1. The van der Waals surface area contributed by atoms with E-state index in [4.69, 9.17) is 5.73 Å². The standard InChI is InChI=1S/C10H11N3/c1-8-6-7-12-13(8)10-4-2-9(11)3-5-10/h2-7H,11H2,1H3. The molecule has 3 nitrogen and oxygen atoms in total. The number of nitrogens with two attached hydrogens (primary N) is 1. The van der Waals surface area contributed by atoms with Gasteiger partial charge in [-0.2, -0.15) is 5.10 Å². The van der Waals surface area contributed by atoms with Crippen LogP contribution < -0.4 is 5.73 Å². The van der Waals surface area contributed by atoms with Gasteiger partial charge in [0.1, 0.15) is 0 Å². The Morgan fingerprint density at radius 1 is 1.15 bits per heavy atom. The van der Waals surface area contributed by atoms with Gasteiger partial charge in [-0.25, -0.2) is 4.68 Å². The first kappa shape index (κ1) is 7.86. The number of aromatic nitrogens is 2. The molecule has 1 heterocycles. The predicted octanol–water partition coefficient (Wildman–Crippen LogP) is 1.76. The number of hydrogen-bond acceptors (Lipinski definition) is 2. The van der Waals surface area contributed by atoms with E-state index in [0.717, 1.165) is 17.1 Å². The van der Waals surface area contributed by atoms with Crippen molar-refractivity contribution in [3.8, 4) is 5.69 Å². The van der Waals surface area contributed by atoms with Crippen LogP contribution >= 0.6 is 0 Å². The molecular weight excluding hydrogens is 162 g/mol. The van der Waals surface area contributed by atoms with E-state index in [9.17, 15) is 0 Å². The minimum atomic E-state index is 0.772. The van der Waals surface area contributed by atoms with Gasteiger partial charge >= 0.3 is 0 Å². The second-order valence-corrected chi connectivity index (χ2v) is 2.98. The maximum absolute atomic E-state index is 5.59. The Hall–Kier alpha value is -1.77. The van der Waals surface area contributed by atoms with Gasteiger partial charge in [-0.15, -0.1) is 0 Å². The molecule has 0 spiro atoms. The second-order valence-electron chi connectivity index (χ2n) is 2.98.